The van der Waals surface area contributed by atoms with Gasteiger partial charge in [-0.1, -0.05) is 0 Å². The van der Waals surface area contributed by atoms with Gasteiger partial charge in [0.1, 0.15) is 16.7 Å². The second-order valence-corrected chi connectivity index (χ2v) is 8.12. The number of nitrogens with zero attached hydrogens (tertiary/aromatic N) is 6. The quantitative estimate of drug-likeness (QED) is 0.448. The van der Waals surface area contributed by atoms with Gasteiger partial charge in [0.25, 0.3) is 0 Å². The predicted octanol–water partition coefficient (Wildman–Crippen LogP) is 4.39. The highest BCUT2D eigenvalue weighted by atomic mass is 32.1. The summed E-state index contributed by atoms with van der Waals surface area (Å²) in [6.07, 6.45) is 8.61. The number of nitrogens with one attached hydrogen (secondary N) is 2. The fourth-order valence-corrected chi connectivity index (χ4v) is 4.32. The van der Waals surface area contributed by atoms with Crippen LogP contribution in [0, 0.1) is 6.92 Å². The molecule has 0 spiro atoms. The molecule has 0 radical (unpaired) electrons. The first-order valence-electron chi connectivity index (χ1n) is 9.29. The number of rotatable bonds is 3. The maximum Gasteiger partial charge on any atom is 0.161 e. The van der Waals surface area contributed by atoms with Crippen molar-refractivity contribution in [3.05, 3.63) is 60.1 Å². The topological polar surface area (TPSA) is 109 Å². The summed E-state index contributed by atoms with van der Waals surface area (Å²) >= 11 is 1.72. The van der Waals surface area contributed by atoms with Crippen LogP contribution in [0.3, 0.4) is 0 Å². The van der Waals surface area contributed by atoms with Gasteiger partial charge in [-0.25, -0.2) is 9.97 Å². The van der Waals surface area contributed by atoms with Crippen LogP contribution < -0.4 is 0 Å². The Morgan fingerprint density at radius 2 is 1.80 bits per heavy atom. The van der Waals surface area contributed by atoms with Crippen LogP contribution in [-0.4, -0.2) is 40.1 Å². The third kappa shape index (κ3) is 2.67. The molecule has 0 aliphatic carbocycles. The lowest BCUT2D eigenvalue weighted by Gasteiger charge is -1.99. The monoisotopic (exact) mass is 410 g/mol. The lowest BCUT2D eigenvalue weighted by atomic mass is 10.2. The number of hydrogen-bond donors (Lipinski definition) is 2. The van der Waals surface area contributed by atoms with Crippen molar-refractivity contribution in [2.24, 2.45) is 0 Å². The highest BCUT2D eigenvalue weighted by molar-refractivity contribution is 7.15. The van der Waals surface area contributed by atoms with Gasteiger partial charge in [0.05, 0.1) is 29.1 Å². The van der Waals surface area contributed by atoms with Gasteiger partial charge >= 0.3 is 0 Å². The van der Waals surface area contributed by atoms with E-state index in [9.17, 15) is 0 Å². The number of hydrogen-bond acceptors (Lipinski definition) is 7. The van der Waals surface area contributed by atoms with Crippen molar-refractivity contribution < 1.29 is 0 Å². The smallest absolute Gasteiger partial charge is 0.161 e. The summed E-state index contributed by atoms with van der Waals surface area (Å²) in [5.41, 5.74) is 6.35. The van der Waals surface area contributed by atoms with Gasteiger partial charge in [-0.05, 0) is 31.2 Å². The van der Waals surface area contributed by atoms with Crippen LogP contribution in [-0.2, 0) is 0 Å². The number of H-pyrrole nitrogens is 2. The van der Waals surface area contributed by atoms with Crippen LogP contribution in [0.5, 0.6) is 0 Å². The van der Waals surface area contributed by atoms with E-state index in [1.807, 2.05) is 18.3 Å². The summed E-state index contributed by atoms with van der Waals surface area (Å²) in [6, 6.07) is 8.04. The van der Waals surface area contributed by atoms with Crippen LogP contribution >= 0.6 is 11.3 Å². The Balaban J connectivity index is 1.52. The predicted molar refractivity (Wildman–Crippen MR) is 116 cm³/mol. The first-order chi connectivity index (χ1) is 14.8. The highest BCUT2D eigenvalue weighted by Gasteiger charge is 2.17. The molecular weight excluding hydrogens is 396 g/mol. The molecule has 0 amide bonds. The van der Waals surface area contributed by atoms with E-state index in [2.05, 4.69) is 49.2 Å². The van der Waals surface area contributed by atoms with Gasteiger partial charge < -0.3 is 4.98 Å². The summed E-state index contributed by atoms with van der Waals surface area (Å²) in [4.78, 5) is 28.2. The van der Waals surface area contributed by atoms with Crippen molar-refractivity contribution in [3.8, 4) is 33.3 Å². The number of aromatic amines is 2. The molecule has 6 heterocycles. The Morgan fingerprint density at radius 3 is 2.63 bits per heavy atom. The maximum atomic E-state index is 4.85. The van der Waals surface area contributed by atoms with E-state index in [4.69, 9.17) is 9.97 Å². The number of aryl methyl sites for hydroxylation is 1. The van der Waals surface area contributed by atoms with Gasteiger partial charge in [0.15, 0.2) is 11.5 Å². The van der Waals surface area contributed by atoms with E-state index in [0.29, 0.717) is 17.2 Å². The Bertz CT molecular complexity index is 1510. The fourth-order valence-electron chi connectivity index (χ4n) is 3.44. The first-order valence-corrected chi connectivity index (χ1v) is 10.1. The molecule has 9 heteroatoms. The average molecular weight is 410 g/mol. The van der Waals surface area contributed by atoms with Crippen LogP contribution in [0.4, 0.5) is 0 Å². The van der Waals surface area contributed by atoms with Crippen LogP contribution in [0.15, 0.2) is 55.2 Å². The molecule has 2 N–H and O–H groups in total. The highest BCUT2D eigenvalue weighted by Crippen LogP contribution is 2.34. The Kier molecular flexibility index (Phi) is 3.68. The van der Waals surface area contributed by atoms with Crippen LogP contribution in [0.1, 0.15) is 4.88 Å². The summed E-state index contributed by atoms with van der Waals surface area (Å²) in [5.74, 6) is 0.641. The first kappa shape index (κ1) is 16.9. The number of fused-ring (bicyclic) bond motifs is 2. The van der Waals surface area contributed by atoms with Gasteiger partial charge in [0.2, 0.25) is 0 Å². The zero-order valence-corrected chi connectivity index (χ0v) is 16.6. The lowest BCUT2D eigenvalue weighted by molar-refractivity contribution is 1.10. The molecule has 0 aromatic carbocycles. The third-order valence-electron chi connectivity index (χ3n) is 4.86. The number of thiophene rings is 1. The summed E-state index contributed by atoms with van der Waals surface area (Å²) in [7, 11) is 0. The van der Waals surface area contributed by atoms with Crippen molar-refractivity contribution in [1.82, 2.24) is 40.1 Å². The minimum atomic E-state index is 0.641. The molecule has 6 aromatic heterocycles. The second-order valence-electron chi connectivity index (χ2n) is 6.83. The minimum Gasteiger partial charge on any atom is -0.335 e. The van der Waals surface area contributed by atoms with Gasteiger partial charge in [-0.3, -0.25) is 20.1 Å². The molecule has 0 aliphatic heterocycles. The summed E-state index contributed by atoms with van der Waals surface area (Å²) in [5, 5.41) is 7.50. The van der Waals surface area contributed by atoms with E-state index < -0.39 is 0 Å². The SMILES string of the molecule is Cc1ccc(-c2cncc3[nH]c(-c4n[nH]c5ccc(-c6cnccn6)nc45)nc23)s1. The zero-order chi connectivity index (χ0) is 20.1. The molecular formula is C21H14N8S. The van der Waals surface area contributed by atoms with Crippen molar-refractivity contribution in [3.63, 3.8) is 0 Å². The number of imidazole rings is 1. The minimum absolute atomic E-state index is 0.641. The summed E-state index contributed by atoms with van der Waals surface area (Å²) < 4.78 is 0. The van der Waals surface area contributed by atoms with E-state index >= 15 is 0 Å². The molecule has 30 heavy (non-hydrogen) atoms. The molecule has 0 fully saturated rings. The number of aromatic nitrogens is 8. The standard InChI is InChI=1S/C21H14N8S/c1-11-2-5-17(30-11)12-8-23-10-16-18(12)27-21(26-16)20-19-14(28-29-20)4-3-13(25-19)15-9-22-6-7-24-15/h2-10H,1H3,(H,26,27)(H,28,29). The second kappa shape index (κ2) is 6.53. The normalized spacial score (nSPS) is 11.5. The number of pyridine rings is 2. The average Bonchev–Trinajstić information content (AvgIpc) is 3.51. The molecule has 144 valence electrons. The molecule has 0 saturated carbocycles. The fraction of sp³-hybridized carbons (Fsp3) is 0.0476. The van der Waals surface area contributed by atoms with Crippen LogP contribution in [0.25, 0.3) is 55.4 Å². The molecule has 0 saturated heterocycles. The van der Waals surface area contributed by atoms with E-state index in [0.717, 1.165) is 38.2 Å². The van der Waals surface area contributed by atoms with Gasteiger partial charge in [0, 0.05) is 33.9 Å². The molecule has 0 bridgehead atoms. The molecule has 0 unspecified atom stereocenters. The molecule has 8 nitrogen and oxygen atoms in total. The maximum absolute atomic E-state index is 4.85. The molecule has 6 aromatic rings. The van der Waals surface area contributed by atoms with E-state index in [1.165, 1.54) is 4.88 Å². The van der Waals surface area contributed by atoms with Gasteiger partial charge in [-0.2, -0.15) is 5.10 Å². The van der Waals surface area contributed by atoms with Crippen molar-refractivity contribution >= 4 is 33.4 Å². The van der Waals surface area contributed by atoms with E-state index in [-0.39, 0.29) is 0 Å². The molecule has 0 aliphatic rings. The molecule has 6 rings (SSSR count). The Labute approximate surface area is 174 Å². The van der Waals surface area contributed by atoms with Crippen LogP contribution in [0.2, 0.25) is 0 Å². The Hall–Kier alpha value is -3.98. The van der Waals surface area contributed by atoms with Gasteiger partial charge in [-0.15, -0.1) is 11.3 Å². The largest absolute Gasteiger partial charge is 0.335 e. The zero-order valence-electron chi connectivity index (χ0n) is 15.8. The summed E-state index contributed by atoms with van der Waals surface area (Å²) in [6.45, 7) is 2.09. The van der Waals surface area contributed by atoms with Crippen molar-refractivity contribution in [2.75, 3.05) is 0 Å². The molecule has 0 atom stereocenters. The lowest BCUT2D eigenvalue weighted by Crippen LogP contribution is -1.89. The third-order valence-corrected chi connectivity index (χ3v) is 5.89. The van der Waals surface area contributed by atoms with E-state index in [1.54, 1.807) is 36.1 Å². The Morgan fingerprint density at radius 1 is 0.833 bits per heavy atom. The van der Waals surface area contributed by atoms with Crippen molar-refractivity contribution in [1.29, 1.82) is 0 Å². The van der Waals surface area contributed by atoms with Crippen molar-refractivity contribution in [2.45, 2.75) is 6.92 Å².